The molecule has 0 aliphatic carbocycles. The van der Waals surface area contributed by atoms with Crippen LogP contribution in [0.3, 0.4) is 0 Å². The fourth-order valence-electron chi connectivity index (χ4n) is 1.43. The number of nitrogens with zero attached hydrogens (tertiary/aromatic N) is 1. The largest absolute Gasteiger partial charge is 0.497 e. The Morgan fingerprint density at radius 2 is 1.95 bits per heavy atom. The van der Waals surface area contributed by atoms with Gasteiger partial charge in [0.1, 0.15) is 16.7 Å². The molecule has 0 aliphatic rings. The van der Waals surface area contributed by atoms with Crippen LogP contribution in [0.2, 0.25) is 5.15 Å². The standard InChI is InChI=1S/C12H11ClN2O3S/c1-18-9-4-2-5-10(8-9)19(16,17)15-12-7-3-6-11(13)14-12/h2-8H,1H3,(H,14,15). The molecule has 2 rings (SSSR count). The maximum absolute atomic E-state index is 12.1. The number of halogens is 1. The van der Waals surface area contributed by atoms with Crippen molar-refractivity contribution in [1.82, 2.24) is 4.98 Å². The van der Waals surface area contributed by atoms with Gasteiger partial charge in [-0.2, -0.15) is 0 Å². The summed E-state index contributed by atoms with van der Waals surface area (Å²) in [5.74, 6) is 0.622. The number of rotatable bonds is 4. The molecule has 2 aromatic rings. The Labute approximate surface area is 116 Å². The number of benzene rings is 1. The summed E-state index contributed by atoms with van der Waals surface area (Å²) in [6.45, 7) is 0. The molecule has 1 heterocycles. The molecule has 1 aromatic heterocycles. The molecule has 0 atom stereocenters. The number of ether oxygens (including phenoxy) is 1. The van der Waals surface area contributed by atoms with Crippen LogP contribution in [0.5, 0.6) is 5.75 Å². The third-order valence-electron chi connectivity index (χ3n) is 2.31. The summed E-state index contributed by atoms with van der Waals surface area (Å²) in [4.78, 5) is 3.96. The van der Waals surface area contributed by atoms with Gasteiger partial charge in [0.05, 0.1) is 12.0 Å². The summed E-state index contributed by atoms with van der Waals surface area (Å²) in [6, 6.07) is 10.8. The minimum absolute atomic E-state index is 0.0913. The highest BCUT2D eigenvalue weighted by Crippen LogP contribution is 2.20. The Morgan fingerprint density at radius 1 is 1.21 bits per heavy atom. The van der Waals surface area contributed by atoms with E-state index in [0.29, 0.717) is 5.75 Å². The summed E-state index contributed by atoms with van der Waals surface area (Å²) in [6.07, 6.45) is 0. The van der Waals surface area contributed by atoms with E-state index in [-0.39, 0.29) is 15.9 Å². The van der Waals surface area contributed by atoms with E-state index in [0.717, 1.165) is 0 Å². The topological polar surface area (TPSA) is 68.3 Å². The number of anilines is 1. The van der Waals surface area contributed by atoms with Crippen LogP contribution in [0.25, 0.3) is 0 Å². The van der Waals surface area contributed by atoms with Crippen molar-refractivity contribution >= 4 is 27.4 Å². The van der Waals surface area contributed by atoms with E-state index >= 15 is 0 Å². The minimum Gasteiger partial charge on any atom is -0.497 e. The smallest absolute Gasteiger partial charge is 0.263 e. The van der Waals surface area contributed by atoms with E-state index in [1.807, 2.05) is 0 Å². The van der Waals surface area contributed by atoms with Crippen LogP contribution in [0, 0.1) is 0 Å². The van der Waals surface area contributed by atoms with E-state index in [9.17, 15) is 8.42 Å². The number of pyridine rings is 1. The Kier molecular flexibility index (Phi) is 3.92. The van der Waals surface area contributed by atoms with Crippen molar-refractivity contribution in [2.24, 2.45) is 0 Å². The molecule has 5 nitrogen and oxygen atoms in total. The van der Waals surface area contributed by atoms with Gasteiger partial charge in [0.15, 0.2) is 0 Å². The van der Waals surface area contributed by atoms with Crippen molar-refractivity contribution in [3.8, 4) is 5.75 Å². The molecular weight excluding hydrogens is 288 g/mol. The van der Waals surface area contributed by atoms with E-state index in [2.05, 4.69) is 9.71 Å². The van der Waals surface area contributed by atoms with Gasteiger partial charge in [-0.1, -0.05) is 23.7 Å². The second kappa shape index (κ2) is 5.46. The molecule has 0 spiro atoms. The lowest BCUT2D eigenvalue weighted by Crippen LogP contribution is -2.13. The Morgan fingerprint density at radius 3 is 2.63 bits per heavy atom. The van der Waals surface area contributed by atoms with Crippen LogP contribution in [0.15, 0.2) is 47.4 Å². The summed E-state index contributed by atoms with van der Waals surface area (Å²) in [5, 5.41) is 0.214. The fraction of sp³-hybridized carbons (Fsp3) is 0.0833. The molecule has 0 radical (unpaired) electrons. The van der Waals surface area contributed by atoms with Gasteiger partial charge < -0.3 is 4.74 Å². The lowest BCUT2D eigenvalue weighted by Gasteiger charge is -2.08. The molecular formula is C12H11ClN2O3S. The summed E-state index contributed by atoms with van der Waals surface area (Å²) in [7, 11) is -2.24. The number of sulfonamides is 1. The van der Waals surface area contributed by atoms with Crippen molar-refractivity contribution in [2.75, 3.05) is 11.8 Å². The average molecular weight is 299 g/mol. The lowest BCUT2D eigenvalue weighted by molar-refractivity contribution is 0.413. The number of hydrogen-bond donors (Lipinski definition) is 1. The van der Waals surface area contributed by atoms with Gasteiger partial charge in [-0.3, -0.25) is 4.72 Å². The molecule has 19 heavy (non-hydrogen) atoms. The molecule has 1 N–H and O–H groups in total. The number of hydrogen-bond acceptors (Lipinski definition) is 4. The predicted octanol–water partition coefficient (Wildman–Crippen LogP) is 2.54. The molecule has 0 saturated heterocycles. The Balaban J connectivity index is 2.32. The highest BCUT2D eigenvalue weighted by atomic mass is 35.5. The zero-order chi connectivity index (χ0) is 13.9. The van der Waals surface area contributed by atoms with E-state index < -0.39 is 10.0 Å². The van der Waals surface area contributed by atoms with Crippen LogP contribution in [0.4, 0.5) is 5.82 Å². The number of methoxy groups -OCH3 is 1. The maximum Gasteiger partial charge on any atom is 0.263 e. The normalized spacial score (nSPS) is 11.1. The van der Waals surface area contributed by atoms with E-state index in [4.69, 9.17) is 16.3 Å². The minimum atomic E-state index is -3.71. The molecule has 7 heteroatoms. The summed E-state index contributed by atoms with van der Waals surface area (Å²) >= 11 is 5.70. The first-order valence-corrected chi connectivity index (χ1v) is 7.17. The molecule has 0 saturated carbocycles. The SMILES string of the molecule is COc1cccc(S(=O)(=O)Nc2cccc(Cl)n2)c1. The third-order valence-corrected chi connectivity index (χ3v) is 3.87. The molecule has 0 aliphatic heterocycles. The monoisotopic (exact) mass is 298 g/mol. The van der Waals surface area contributed by atoms with Crippen LogP contribution >= 0.6 is 11.6 Å². The molecule has 1 aromatic carbocycles. The van der Waals surface area contributed by atoms with Crippen molar-refractivity contribution in [1.29, 1.82) is 0 Å². The van der Waals surface area contributed by atoms with Gasteiger partial charge in [0.25, 0.3) is 10.0 Å². The maximum atomic E-state index is 12.1. The van der Waals surface area contributed by atoms with Gasteiger partial charge in [0, 0.05) is 6.07 Å². The van der Waals surface area contributed by atoms with Gasteiger partial charge in [-0.05, 0) is 24.3 Å². The van der Waals surface area contributed by atoms with Gasteiger partial charge in [-0.15, -0.1) is 0 Å². The second-order valence-corrected chi connectivity index (χ2v) is 5.70. The molecule has 100 valence electrons. The van der Waals surface area contributed by atoms with Gasteiger partial charge >= 0.3 is 0 Å². The average Bonchev–Trinajstić information content (AvgIpc) is 2.38. The second-order valence-electron chi connectivity index (χ2n) is 3.63. The Bertz CT molecular complexity index is 689. The summed E-state index contributed by atoms with van der Waals surface area (Å²) < 4.78 is 31.6. The fourth-order valence-corrected chi connectivity index (χ4v) is 2.63. The lowest BCUT2D eigenvalue weighted by atomic mass is 10.3. The van der Waals surface area contributed by atoms with Crippen LogP contribution in [0.1, 0.15) is 0 Å². The molecule has 0 amide bonds. The quantitative estimate of drug-likeness (QED) is 0.881. The first kappa shape index (κ1) is 13.6. The zero-order valence-electron chi connectivity index (χ0n) is 10.00. The molecule has 0 bridgehead atoms. The van der Waals surface area contributed by atoms with Gasteiger partial charge in [-0.25, -0.2) is 13.4 Å². The van der Waals surface area contributed by atoms with Crippen LogP contribution < -0.4 is 9.46 Å². The third kappa shape index (κ3) is 3.36. The first-order chi connectivity index (χ1) is 9.01. The highest BCUT2D eigenvalue weighted by Gasteiger charge is 2.15. The Hall–Kier alpha value is -1.79. The van der Waals surface area contributed by atoms with Gasteiger partial charge in [0.2, 0.25) is 0 Å². The number of aromatic nitrogens is 1. The summed E-state index contributed by atoms with van der Waals surface area (Å²) in [5.41, 5.74) is 0. The van der Waals surface area contributed by atoms with Crippen molar-refractivity contribution in [3.05, 3.63) is 47.6 Å². The van der Waals surface area contributed by atoms with E-state index in [1.165, 1.54) is 25.3 Å². The first-order valence-electron chi connectivity index (χ1n) is 5.31. The van der Waals surface area contributed by atoms with Crippen LogP contribution in [-0.4, -0.2) is 20.5 Å². The van der Waals surface area contributed by atoms with Crippen molar-refractivity contribution in [2.45, 2.75) is 4.90 Å². The predicted molar refractivity (Wildman–Crippen MR) is 73.0 cm³/mol. The number of nitrogens with one attached hydrogen (secondary N) is 1. The highest BCUT2D eigenvalue weighted by molar-refractivity contribution is 7.92. The van der Waals surface area contributed by atoms with Crippen molar-refractivity contribution in [3.63, 3.8) is 0 Å². The van der Waals surface area contributed by atoms with E-state index in [1.54, 1.807) is 24.3 Å². The molecule has 0 unspecified atom stereocenters. The zero-order valence-corrected chi connectivity index (χ0v) is 11.6. The van der Waals surface area contributed by atoms with Crippen LogP contribution in [-0.2, 0) is 10.0 Å². The molecule has 0 fully saturated rings. The van der Waals surface area contributed by atoms with Crippen molar-refractivity contribution < 1.29 is 13.2 Å².